The second-order valence-electron chi connectivity index (χ2n) is 12.8. The van der Waals surface area contributed by atoms with Crippen LogP contribution in [-0.4, -0.2) is 6.21 Å². The molecule has 2 unspecified atom stereocenters. The summed E-state index contributed by atoms with van der Waals surface area (Å²) in [5.74, 6) is 0.307. The van der Waals surface area contributed by atoms with Crippen molar-refractivity contribution in [2.24, 2.45) is 5.10 Å². The van der Waals surface area contributed by atoms with E-state index in [1.807, 2.05) is 0 Å². The van der Waals surface area contributed by atoms with Crippen LogP contribution in [0.2, 0.25) is 0 Å². The summed E-state index contributed by atoms with van der Waals surface area (Å²) in [6, 6.07) is 65.5. The van der Waals surface area contributed by atoms with Gasteiger partial charge in [0, 0.05) is 11.0 Å². The molecule has 0 heterocycles. The Morgan fingerprint density at radius 2 is 0.979 bits per heavy atom. The fourth-order valence-electron chi connectivity index (χ4n) is 7.99. The van der Waals surface area contributed by atoms with Crippen molar-refractivity contribution in [3.63, 3.8) is 0 Å². The van der Waals surface area contributed by atoms with E-state index in [1.165, 1.54) is 54.6 Å². The van der Waals surface area contributed by atoms with Gasteiger partial charge < -0.3 is 0 Å². The summed E-state index contributed by atoms with van der Waals surface area (Å²) in [5.41, 5.74) is 7.08. The van der Waals surface area contributed by atoms with Crippen LogP contribution in [0.4, 0.5) is 11.4 Å². The summed E-state index contributed by atoms with van der Waals surface area (Å²) in [6.07, 6.45) is 3.16. The highest BCUT2D eigenvalue weighted by Gasteiger charge is 2.59. The summed E-state index contributed by atoms with van der Waals surface area (Å²) in [4.78, 5) is 0. The first-order valence-corrected chi connectivity index (χ1v) is 16.7. The fourth-order valence-corrected chi connectivity index (χ4v) is 7.99. The Hall–Kier alpha value is -5.99. The molecule has 1 aliphatic carbocycles. The molecule has 8 aromatic carbocycles. The van der Waals surface area contributed by atoms with E-state index in [0.717, 1.165) is 17.8 Å². The first-order valence-electron chi connectivity index (χ1n) is 16.7. The van der Waals surface area contributed by atoms with Gasteiger partial charge in [-0.3, -0.25) is 0 Å². The minimum absolute atomic E-state index is 0.235. The van der Waals surface area contributed by atoms with Gasteiger partial charge in [-0.2, -0.15) is 5.10 Å². The third-order valence-corrected chi connectivity index (χ3v) is 10.2. The maximum Gasteiger partial charge on any atom is 0.0652 e. The number of hydrazone groups is 1. The molecule has 0 amide bonds. The number of benzene rings is 8. The number of hydrogen-bond donors (Lipinski definition) is 0. The summed E-state index contributed by atoms with van der Waals surface area (Å²) < 4.78 is 0. The van der Waals surface area contributed by atoms with Crippen LogP contribution in [-0.2, 0) is 5.41 Å². The molecule has 1 saturated carbocycles. The summed E-state index contributed by atoms with van der Waals surface area (Å²) in [6.45, 7) is 0. The lowest BCUT2D eigenvalue weighted by Crippen LogP contribution is -2.17. The number of hydrogen-bond acceptors (Lipinski definition) is 2. The highest BCUT2D eigenvalue weighted by Crippen LogP contribution is 2.67. The third-order valence-electron chi connectivity index (χ3n) is 10.2. The predicted molar refractivity (Wildman–Crippen MR) is 203 cm³/mol. The smallest absolute Gasteiger partial charge is 0.0652 e. The van der Waals surface area contributed by atoms with E-state index >= 15 is 0 Å². The van der Waals surface area contributed by atoms with Gasteiger partial charge in [-0.05, 0) is 85.6 Å². The standard InChI is InChI=1S/C46H34N2/c1-4-19-34(20-5-1)46(31-44(46)41-30-16-18-33-17-10-11-25-37(33)41)45-42-29-15-14-27-39(42)38-26-12-13-28-40(38)43(45)32-47-48(35-21-6-2-7-22-35)36-23-8-3-9-24-36/h1-30,32,44H,31H2/b47-32+. The Bertz CT molecular complexity index is 2390. The molecule has 0 saturated heterocycles. The van der Waals surface area contributed by atoms with Crippen LogP contribution in [0.25, 0.3) is 32.3 Å². The van der Waals surface area contributed by atoms with E-state index < -0.39 is 0 Å². The normalized spacial score (nSPS) is 17.3. The van der Waals surface area contributed by atoms with Gasteiger partial charge in [0.2, 0.25) is 0 Å². The molecule has 2 atom stereocenters. The highest BCUT2D eigenvalue weighted by molar-refractivity contribution is 6.17. The number of anilines is 2. The largest absolute Gasteiger partial charge is 0.234 e. The summed E-state index contributed by atoms with van der Waals surface area (Å²) >= 11 is 0. The third kappa shape index (κ3) is 4.60. The van der Waals surface area contributed by atoms with Crippen LogP contribution in [0.5, 0.6) is 0 Å². The van der Waals surface area contributed by atoms with Gasteiger partial charge in [-0.15, -0.1) is 0 Å². The van der Waals surface area contributed by atoms with Crippen LogP contribution in [0.15, 0.2) is 187 Å². The zero-order valence-electron chi connectivity index (χ0n) is 26.6. The molecule has 0 aliphatic heterocycles. The fraction of sp³-hybridized carbons (Fsp3) is 0.0652. The zero-order chi connectivity index (χ0) is 31.9. The van der Waals surface area contributed by atoms with Crippen molar-refractivity contribution in [1.82, 2.24) is 0 Å². The van der Waals surface area contributed by atoms with Crippen molar-refractivity contribution in [2.75, 3.05) is 5.01 Å². The molecule has 48 heavy (non-hydrogen) atoms. The summed E-state index contributed by atoms with van der Waals surface area (Å²) in [5, 5.41) is 15.0. The first-order chi connectivity index (χ1) is 23.8. The molecular formula is C46H34N2. The van der Waals surface area contributed by atoms with E-state index in [0.29, 0.717) is 5.92 Å². The predicted octanol–water partition coefficient (Wildman–Crippen LogP) is 11.8. The first kappa shape index (κ1) is 28.3. The van der Waals surface area contributed by atoms with Crippen LogP contribution >= 0.6 is 0 Å². The monoisotopic (exact) mass is 614 g/mol. The summed E-state index contributed by atoms with van der Waals surface area (Å²) in [7, 11) is 0. The van der Waals surface area contributed by atoms with E-state index in [4.69, 9.17) is 5.10 Å². The number of nitrogens with zero attached hydrogens (tertiary/aromatic N) is 2. The van der Waals surface area contributed by atoms with E-state index in [-0.39, 0.29) is 5.41 Å². The Morgan fingerprint density at radius 3 is 1.65 bits per heavy atom. The Morgan fingerprint density at radius 1 is 0.479 bits per heavy atom. The maximum absolute atomic E-state index is 5.34. The minimum atomic E-state index is -0.235. The second kappa shape index (κ2) is 11.7. The lowest BCUT2D eigenvalue weighted by molar-refractivity contribution is 0.814. The molecular weight excluding hydrogens is 581 g/mol. The average Bonchev–Trinajstić information content (AvgIpc) is 3.92. The molecule has 0 aromatic heterocycles. The molecule has 1 aliphatic rings. The van der Waals surface area contributed by atoms with Crippen molar-refractivity contribution in [1.29, 1.82) is 0 Å². The van der Waals surface area contributed by atoms with Gasteiger partial charge in [0.1, 0.15) is 0 Å². The molecule has 2 heteroatoms. The minimum Gasteiger partial charge on any atom is -0.234 e. The lowest BCUT2D eigenvalue weighted by atomic mass is 9.77. The van der Waals surface area contributed by atoms with E-state index in [1.54, 1.807) is 0 Å². The quantitative estimate of drug-likeness (QED) is 0.0990. The van der Waals surface area contributed by atoms with E-state index in [9.17, 15) is 0 Å². The van der Waals surface area contributed by atoms with Gasteiger partial charge in [0.25, 0.3) is 0 Å². The van der Waals surface area contributed by atoms with E-state index in [2.05, 4.69) is 193 Å². The molecule has 1 fully saturated rings. The van der Waals surface area contributed by atoms with Gasteiger partial charge in [0.05, 0.1) is 17.6 Å². The topological polar surface area (TPSA) is 15.6 Å². The van der Waals surface area contributed by atoms with Gasteiger partial charge >= 0.3 is 0 Å². The second-order valence-corrected chi connectivity index (χ2v) is 12.8. The maximum atomic E-state index is 5.34. The van der Waals surface area contributed by atoms with Crippen LogP contribution < -0.4 is 5.01 Å². The number of para-hydroxylation sites is 2. The molecule has 9 rings (SSSR count). The Labute approximate surface area is 281 Å². The van der Waals surface area contributed by atoms with Crippen molar-refractivity contribution in [3.05, 3.63) is 204 Å². The molecule has 2 nitrogen and oxygen atoms in total. The van der Waals surface area contributed by atoms with Crippen LogP contribution in [0.1, 0.15) is 34.6 Å². The van der Waals surface area contributed by atoms with Crippen molar-refractivity contribution >= 4 is 49.9 Å². The van der Waals surface area contributed by atoms with Gasteiger partial charge in [-0.25, -0.2) is 5.01 Å². The van der Waals surface area contributed by atoms with Gasteiger partial charge in [-0.1, -0.05) is 158 Å². The van der Waals surface area contributed by atoms with Crippen molar-refractivity contribution in [3.8, 4) is 0 Å². The number of fused-ring (bicyclic) bond motifs is 4. The molecule has 0 bridgehead atoms. The SMILES string of the molecule is C(=N\N(c1ccccc1)c1ccccc1)/c1c(C2(c3ccccc3)CC2c2cccc3ccccc23)c2ccccc2c2ccccc12. The van der Waals surface area contributed by atoms with Gasteiger partial charge in [0.15, 0.2) is 0 Å². The van der Waals surface area contributed by atoms with Crippen LogP contribution in [0, 0.1) is 0 Å². The average molecular weight is 615 g/mol. The molecule has 0 radical (unpaired) electrons. The Balaban J connectivity index is 1.35. The lowest BCUT2D eigenvalue weighted by Gasteiger charge is -2.26. The van der Waals surface area contributed by atoms with Crippen molar-refractivity contribution in [2.45, 2.75) is 17.8 Å². The number of rotatable bonds is 7. The van der Waals surface area contributed by atoms with Crippen LogP contribution in [0.3, 0.4) is 0 Å². The Kier molecular flexibility index (Phi) is 6.87. The highest BCUT2D eigenvalue weighted by atomic mass is 15.5. The zero-order valence-corrected chi connectivity index (χ0v) is 26.6. The molecule has 8 aromatic rings. The molecule has 0 spiro atoms. The van der Waals surface area contributed by atoms with Crippen molar-refractivity contribution < 1.29 is 0 Å². The molecule has 228 valence electrons. The molecule has 0 N–H and O–H groups in total.